The number of hydrogen-bond donors (Lipinski definition) is 0. The van der Waals surface area contributed by atoms with E-state index < -0.39 is 0 Å². The maximum absolute atomic E-state index is 5.03. The third kappa shape index (κ3) is 4.78. The number of fused-ring (bicyclic) bond motifs is 12. The van der Waals surface area contributed by atoms with E-state index in [1.54, 1.807) is 0 Å². The predicted molar refractivity (Wildman–Crippen MR) is 241 cm³/mol. The molecule has 4 heteroatoms. The molecule has 9 aromatic carbocycles. The maximum Gasteiger partial charge on any atom is 0.164 e. The largest absolute Gasteiger partial charge is 0.309 e. The van der Waals surface area contributed by atoms with E-state index in [2.05, 4.69) is 140 Å². The topological polar surface area (TPSA) is 43.6 Å². The van der Waals surface area contributed by atoms with Gasteiger partial charge in [0.15, 0.2) is 17.5 Å². The highest BCUT2D eigenvalue weighted by Gasteiger charge is 2.36. The molecule has 0 saturated carbocycles. The molecule has 1 aliphatic carbocycles. The van der Waals surface area contributed by atoms with Crippen molar-refractivity contribution in [1.29, 1.82) is 0 Å². The molecule has 4 nitrogen and oxygen atoms in total. The Labute approximate surface area is 335 Å². The second-order valence-corrected chi connectivity index (χ2v) is 16.0. The first-order valence-corrected chi connectivity index (χ1v) is 19.9. The van der Waals surface area contributed by atoms with Crippen molar-refractivity contribution in [2.24, 2.45) is 0 Å². The van der Waals surface area contributed by atoms with E-state index in [1.165, 1.54) is 76.4 Å². The maximum atomic E-state index is 5.03. The number of aromatic nitrogens is 4. The molecule has 1 aliphatic rings. The first-order chi connectivity index (χ1) is 28.5. The van der Waals surface area contributed by atoms with Gasteiger partial charge < -0.3 is 4.57 Å². The molecule has 0 amide bonds. The van der Waals surface area contributed by atoms with Gasteiger partial charge in [0.25, 0.3) is 0 Å². The molecule has 0 saturated heterocycles. The fourth-order valence-corrected chi connectivity index (χ4v) is 9.58. The van der Waals surface area contributed by atoms with Crippen LogP contribution in [0, 0.1) is 0 Å². The van der Waals surface area contributed by atoms with Crippen LogP contribution in [0.25, 0.3) is 105 Å². The van der Waals surface area contributed by atoms with Crippen molar-refractivity contribution in [3.63, 3.8) is 0 Å². The number of nitrogens with zero attached hydrogens (tertiary/aromatic N) is 4. The van der Waals surface area contributed by atoms with Crippen LogP contribution in [0.3, 0.4) is 0 Å². The fourth-order valence-electron chi connectivity index (χ4n) is 9.58. The van der Waals surface area contributed by atoms with Gasteiger partial charge in [-0.15, -0.1) is 0 Å². The number of rotatable bonds is 4. The van der Waals surface area contributed by atoms with Crippen LogP contribution in [-0.4, -0.2) is 19.5 Å². The lowest BCUT2D eigenvalue weighted by Crippen LogP contribution is -2.14. The van der Waals surface area contributed by atoms with Gasteiger partial charge in [0.1, 0.15) is 0 Å². The summed E-state index contributed by atoms with van der Waals surface area (Å²) in [7, 11) is 0. The molecule has 58 heavy (non-hydrogen) atoms. The Kier molecular flexibility index (Phi) is 6.94. The molecule has 0 bridgehead atoms. The summed E-state index contributed by atoms with van der Waals surface area (Å²) in [5.41, 5.74) is 11.6. The van der Waals surface area contributed by atoms with Crippen LogP contribution >= 0.6 is 0 Å². The molecule has 272 valence electrons. The van der Waals surface area contributed by atoms with Crippen molar-refractivity contribution in [3.05, 3.63) is 193 Å². The molecule has 11 aromatic rings. The quantitative estimate of drug-likeness (QED) is 0.169. The zero-order valence-electron chi connectivity index (χ0n) is 32.1. The van der Waals surface area contributed by atoms with Crippen molar-refractivity contribution < 1.29 is 0 Å². The monoisotopic (exact) mass is 740 g/mol. The van der Waals surface area contributed by atoms with Crippen LogP contribution in [-0.2, 0) is 5.41 Å². The molecule has 0 fully saturated rings. The average molecular weight is 741 g/mol. The van der Waals surface area contributed by atoms with E-state index >= 15 is 0 Å². The van der Waals surface area contributed by atoms with Gasteiger partial charge in [-0.1, -0.05) is 147 Å². The molecule has 12 rings (SSSR count). The second-order valence-electron chi connectivity index (χ2n) is 16.0. The van der Waals surface area contributed by atoms with Crippen LogP contribution < -0.4 is 0 Å². The first kappa shape index (κ1) is 32.8. The summed E-state index contributed by atoms with van der Waals surface area (Å²) >= 11 is 0. The average Bonchev–Trinajstić information content (AvgIpc) is 3.72. The minimum Gasteiger partial charge on any atom is -0.309 e. The fraction of sp³-hybridized carbons (Fsp3) is 0.0556. The Morgan fingerprint density at radius 2 is 0.793 bits per heavy atom. The highest BCUT2D eigenvalue weighted by Crippen LogP contribution is 2.51. The summed E-state index contributed by atoms with van der Waals surface area (Å²) in [4.78, 5) is 15.0. The summed E-state index contributed by atoms with van der Waals surface area (Å²) in [6, 6.07) is 65.5. The molecule has 0 N–H and O–H groups in total. The summed E-state index contributed by atoms with van der Waals surface area (Å²) < 4.78 is 2.47. The first-order valence-electron chi connectivity index (χ1n) is 19.9. The van der Waals surface area contributed by atoms with E-state index in [1.807, 2.05) is 60.7 Å². The predicted octanol–water partition coefficient (Wildman–Crippen LogP) is 13.7. The molecular weight excluding hydrogens is 705 g/mol. The smallest absolute Gasteiger partial charge is 0.164 e. The van der Waals surface area contributed by atoms with Gasteiger partial charge in [-0.05, 0) is 103 Å². The van der Waals surface area contributed by atoms with Crippen molar-refractivity contribution in [3.8, 4) is 51.0 Å². The highest BCUT2D eigenvalue weighted by molar-refractivity contribution is 6.29. The van der Waals surface area contributed by atoms with Gasteiger partial charge in [-0.25, -0.2) is 15.0 Å². The van der Waals surface area contributed by atoms with Crippen LogP contribution in [0.2, 0.25) is 0 Å². The summed E-state index contributed by atoms with van der Waals surface area (Å²) in [6.07, 6.45) is 0. The van der Waals surface area contributed by atoms with Gasteiger partial charge in [-0.2, -0.15) is 0 Å². The van der Waals surface area contributed by atoms with Crippen LogP contribution in [0.4, 0.5) is 0 Å². The van der Waals surface area contributed by atoms with E-state index in [0.717, 1.165) is 22.4 Å². The lowest BCUT2D eigenvalue weighted by Gasteiger charge is -2.21. The molecular formula is C54H36N4. The summed E-state index contributed by atoms with van der Waals surface area (Å²) in [5.74, 6) is 1.95. The Hall–Kier alpha value is -7.43. The van der Waals surface area contributed by atoms with Gasteiger partial charge >= 0.3 is 0 Å². The molecule has 2 aromatic heterocycles. The third-order valence-electron chi connectivity index (χ3n) is 12.4. The van der Waals surface area contributed by atoms with E-state index in [9.17, 15) is 0 Å². The van der Waals surface area contributed by atoms with Crippen molar-refractivity contribution in [2.45, 2.75) is 19.3 Å². The lowest BCUT2D eigenvalue weighted by atomic mass is 9.82. The lowest BCUT2D eigenvalue weighted by molar-refractivity contribution is 0.661. The Bertz CT molecular complexity index is 3400. The standard InChI is InChI=1S/C54H36N4/c1-54(2)47-24-14-13-23-41(47)44-30-46-45-29-42-39-21-11-9-19-37(39)38-20-10-12-22-40(38)43(42)31-49(45)58(50(46)32-48(44)54)36-27-25-35(26-28-36)53-56-51(33-15-5-3-6-16-33)55-52(57-53)34-17-7-4-8-18-34/h3-32H,1-2H3. The normalized spacial score (nSPS) is 13.1. The Morgan fingerprint density at radius 3 is 1.38 bits per heavy atom. The Morgan fingerprint density at radius 1 is 0.345 bits per heavy atom. The number of hydrogen-bond acceptors (Lipinski definition) is 3. The van der Waals surface area contributed by atoms with Gasteiger partial charge in [0.05, 0.1) is 11.0 Å². The van der Waals surface area contributed by atoms with Crippen molar-refractivity contribution in [2.75, 3.05) is 0 Å². The minimum atomic E-state index is -0.131. The zero-order chi connectivity index (χ0) is 38.5. The van der Waals surface area contributed by atoms with E-state index in [-0.39, 0.29) is 5.41 Å². The van der Waals surface area contributed by atoms with Crippen molar-refractivity contribution in [1.82, 2.24) is 19.5 Å². The van der Waals surface area contributed by atoms with Gasteiger partial charge in [0.2, 0.25) is 0 Å². The molecule has 0 spiro atoms. The van der Waals surface area contributed by atoms with E-state index in [0.29, 0.717) is 17.5 Å². The van der Waals surface area contributed by atoms with Gasteiger partial charge in [-0.3, -0.25) is 0 Å². The molecule has 2 heterocycles. The molecule has 0 radical (unpaired) electrons. The molecule has 0 unspecified atom stereocenters. The Balaban J connectivity index is 1.12. The van der Waals surface area contributed by atoms with Crippen LogP contribution in [0.15, 0.2) is 182 Å². The second kappa shape index (κ2) is 12.3. The number of benzene rings is 9. The van der Waals surface area contributed by atoms with Crippen LogP contribution in [0.5, 0.6) is 0 Å². The molecule has 0 aliphatic heterocycles. The van der Waals surface area contributed by atoms with Crippen LogP contribution in [0.1, 0.15) is 25.0 Å². The summed E-state index contributed by atoms with van der Waals surface area (Å²) in [5, 5.41) is 10.1. The van der Waals surface area contributed by atoms with E-state index in [4.69, 9.17) is 15.0 Å². The van der Waals surface area contributed by atoms with Crippen molar-refractivity contribution >= 4 is 54.1 Å². The third-order valence-corrected chi connectivity index (χ3v) is 12.4. The SMILES string of the molecule is CC1(C)c2ccccc2-c2cc3c4cc5c6ccccc6c6ccccc6c5cc4n(-c4ccc(-c5nc(-c6ccccc6)nc(-c6ccccc6)n5)cc4)c3cc21. The highest BCUT2D eigenvalue weighted by atomic mass is 15.0. The zero-order valence-corrected chi connectivity index (χ0v) is 32.1. The molecule has 0 atom stereocenters. The minimum absolute atomic E-state index is 0.131. The van der Waals surface area contributed by atoms with Gasteiger partial charge in [0, 0.05) is 38.6 Å². The summed E-state index contributed by atoms with van der Waals surface area (Å²) in [6.45, 7) is 4.72.